The summed E-state index contributed by atoms with van der Waals surface area (Å²) in [5.74, 6) is 0.819. The first-order chi connectivity index (χ1) is 13.1. The molecular formula is C21H19NO5. The maximum absolute atomic E-state index is 11.4. The van der Waals surface area contributed by atoms with Crippen molar-refractivity contribution in [2.24, 2.45) is 0 Å². The number of hydroxylamine groups is 1. The highest BCUT2D eigenvalue weighted by Crippen LogP contribution is 2.25. The molecule has 0 unspecified atom stereocenters. The molecule has 0 aliphatic heterocycles. The highest BCUT2D eigenvalue weighted by molar-refractivity contribution is 5.73. The minimum absolute atomic E-state index is 0.167. The molecule has 6 nitrogen and oxygen atoms in total. The van der Waals surface area contributed by atoms with Crippen LogP contribution in [0.3, 0.4) is 0 Å². The number of phenolic OH excluding ortho intramolecular Hbond substituents is 1. The zero-order chi connectivity index (χ0) is 19.1. The number of carbonyl (C=O) groups is 1. The van der Waals surface area contributed by atoms with Crippen LogP contribution in [0.4, 0.5) is 0 Å². The third-order valence-corrected chi connectivity index (χ3v) is 3.80. The largest absolute Gasteiger partial charge is 0.508 e. The van der Waals surface area contributed by atoms with Crippen molar-refractivity contribution in [1.29, 1.82) is 0 Å². The first kappa shape index (κ1) is 18.3. The molecule has 0 amide bonds. The average molecular weight is 365 g/mol. The topological polar surface area (TPSA) is 88.0 Å². The van der Waals surface area contributed by atoms with Crippen LogP contribution in [0.25, 0.3) is 0 Å². The van der Waals surface area contributed by atoms with E-state index < -0.39 is 12.0 Å². The van der Waals surface area contributed by atoms with Crippen molar-refractivity contribution in [2.45, 2.75) is 12.5 Å². The van der Waals surface area contributed by atoms with E-state index in [1.54, 1.807) is 36.4 Å². The molecule has 3 aromatic carbocycles. The van der Waals surface area contributed by atoms with Crippen molar-refractivity contribution in [2.75, 3.05) is 0 Å². The number of rotatable bonds is 8. The predicted octanol–water partition coefficient (Wildman–Crippen LogP) is 3.76. The summed E-state index contributed by atoms with van der Waals surface area (Å²) < 4.78 is 5.65. The molecule has 0 radical (unpaired) electrons. The van der Waals surface area contributed by atoms with Crippen LogP contribution in [0.5, 0.6) is 23.0 Å². The molecule has 3 rings (SSSR count). The molecule has 6 heteroatoms. The summed E-state index contributed by atoms with van der Waals surface area (Å²) in [6.45, 7) is 0. The first-order valence-corrected chi connectivity index (χ1v) is 8.36. The zero-order valence-electron chi connectivity index (χ0n) is 14.4. The van der Waals surface area contributed by atoms with Crippen LogP contribution >= 0.6 is 0 Å². The van der Waals surface area contributed by atoms with E-state index in [4.69, 9.17) is 9.57 Å². The number of hydrogen-bond acceptors (Lipinski definition) is 5. The van der Waals surface area contributed by atoms with Crippen LogP contribution in [0.2, 0.25) is 0 Å². The van der Waals surface area contributed by atoms with E-state index in [1.165, 1.54) is 12.1 Å². The van der Waals surface area contributed by atoms with Gasteiger partial charge in [0.2, 0.25) is 0 Å². The van der Waals surface area contributed by atoms with E-state index in [1.807, 2.05) is 30.3 Å². The number of hydrogen-bond donors (Lipinski definition) is 3. The average Bonchev–Trinajstić information content (AvgIpc) is 2.68. The van der Waals surface area contributed by atoms with E-state index in [9.17, 15) is 15.0 Å². The second-order valence-corrected chi connectivity index (χ2v) is 5.87. The lowest BCUT2D eigenvalue weighted by atomic mass is 10.1. The normalized spacial score (nSPS) is 11.6. The van der Waals surface area contributed by atoms with Gasteiger partial charge in [0.25, 0.3) is 0 Å². The van der Waals surface area contributed by atoms with Gasteiger partial charge < -0.3 is 19.8 Å². The summed E-state index contributed by atoms with van der Waals surface area (Å²) in [5.41, 5.74) is 3.49. The van der Waals surface area contributed by atoms with Gasteiger partial charge >= 0.3 is 5.97 Å². The fourth-order valence-corrected chi connectivity index (χ4v) is 2.39. The molecule has 0 bridgehead atoms. The van der Waals surface area contributed by atoms with E-state index in [0.29, 0.717) is 23.7 Å². The zero-order valence-corrected chi connectivity index (χ0v) is 14.4. The Morgan fingerprint density at radius 1 is 0.852 bits per heavy atom. The fraction of sp³-hybridized carbons (Fsp3) is 0.0952. The molecular weight excluding hydrogens is 346 g/mol. The lowest BCUT2D eigenvalue weighted by molar-refractivity contribution is -0.141. The van der Waals surface area contributed by atoms with Gasteiger partial charge in [-0.25, -0.2) is 0 Å². The van der Waals surface area contributed by atoms with Gasteiger partial charge in [-0.3, -0.25) is 4.79 Å². The minimum Gasteiger partial charge on any atom is -0.508 e. The fourth-order valence-electron chi connectivity index (χ4n) is 2.39. The Morgan fingerprint density at radius 3 is 2.00 bits per heavy atom. The Balaban J connectivity index is 1.56. The summed E-state index contributed by atoms with van der Waals surface area (Å²) in [4.78, 5) is 16.8. The summed E-state index contributed by atoms with van der Waals surface area (Å²) in [7, 11) is 0. The SMILES string of the molecule is O=C(O)[C@H](Cc1ccccc1)NOc1ccc(Oc2ccc(O)cc2)cc1. The molecule has 138 valence electrons. The Kier molecular flexibility index (Phi) is 5.91. The smallest absolute Gasteiger partial charge is 0.324 e. The van der Waals surface area contributed by atoms with Crippen molar-refractivity contribution < 1.29 is 24.6 Å². The Bertz CT molecular complexity index is 863. The second-order valence-electron chi connectivity index (χ2n) is 5.87. The van der Waals surface area contributed by atoms with Gasteiger partial charge in [0.05, 0.1) is 0 Å². The molecule has 0 saturated heterocycles. The molecule has 0 fully saturated rings. The van der Waals surface area contributed by atoms with E-state index in [0.717, 1.165) is 5.56 Å². The predicted molar refractivity (Wildman–Crippen MR) is 100.0 cm³/mol. The standard InChI is InChI=1S/C21H19NO5/c23-16-6-8-17(9-7-16)26-18-10-12-19(13-11-18)27-22-20(21(24)25)14-15-4-2-1-3-5-15/h1-13,20,22-23H,14H2,(H,24,25)/t20-/m0/s1. The van der Waals surface area contributed by atoms with E-state index in [2.05, 4.69) is 5.48 Å². The molecule has 3 N–H and O–H groups in total. The first-order valence-electron chi connectivity index (χ1n) is 8.36. The summed E-state index contributed by atoms with van der Waals surface area (Å²) in [6, 6.07) is 21.6. The molecule has 1 atom stereocenters. The van der Waals surface area contributed by atoms with Crippen molar-refractivity contribution in [1.82, 2.24) is 5.48 Å². The molecule has 3 aromatic rings. The highest BCUT2D eigenvalue weighted by atomic mass is 16.6. The lowest BCUT2D eigenvalue weighted by Gasteiger charge is -2.15. The summed E-state index contributed by atoms with van der Waals surface area (Å²) in [6.07, 6.45) is 0.304. The Labute approximate surface area is 156 Å². The van der Waals surface area contributed by atoms with Crippen LogP contribution in [-0.2, 0) is 11.2 Å². The van der Waals surface area contributed by atoms with Crippen molar-refractivity contribution in [3.05, 3.63) is 84.4 Å². The van der Waals surface area contributed by atoms with Gasteiger partial charge in [-0.05, 0) is 54.1 Å². The van der Waals surface area contributed by atoms with Crippen LogP contribution in [0, 0.1) is 0 Å². The van der Waals surface area contributed by atoms with Gasteiger partial charge in [0.1, 0.15) is 29.0 Å². The van der Waals surface area contributed by atoms with Crippen LogP contribution < -0.4 is 15.1 Å². The Hall–Kier alpha value is -3.51. The second kappa shape index (κ2) is 8.73. The maximum atomic E-state index is 11.4. The lowest BCUT2D eigenvalue weighted by Crippen LogP contribution is -2.40. The number of aliphatic carboxylic acids is 1. The number of benzene rings is 3. The van der Waals surface area contributed by atoms with Gasteiger partial charge in [0, 0.05) is 6.42 Å². The molecule has 0 aromatic heterocycles. The quantitative estimate of drug-likeness (QED) is 0.527. The number of ether oxygens (including phenoxy) is 1. The molecule has 0 aliphatic carbocycles. The summed E-state index contributed by atoms with van der Waals surface area (Å²) in [5, 5.41) is 18.6. The number of aromatic hydroxyl groups is 1. The number of carboxylic acids is 1. The van der Waals surface area contributed by atoms with E-state index in [-0.39, 0.29) is 5.75 Å². The van der Waals surface area contributed by atoms with Crippen molar-refractivity contribution in [3.8, 4) is 23.0 Å². The van der Waals surface area contributed by atoms with Crippen LogP contribution in [0.1, 0.15) is 5.56 Å². The molecule has 0 saturated carbocycles. The minimum atomic E-state index is -0.994. The number of nitrogens with one attached hydrogen (secondary N) is 1. The molecule has 0 heterocycles. The highest BCUT2D eigenvalue weighted by Gasteiger charge is 2.18. The third-order valence-electron chi connectivity index (χ3n) is 3.80. The van der Waals surface area contributed by atoms with Gasteiger partial charge in [-0.15, -0.1) is 5.48 Å². The van der Waals surface area contributed by atoms with E-state index >= 15 is 0 Å². The van der Waals surface area contributed by atoms with Gasteiger partial charge in [0.15, 0.2) is 0 Å². The maximum Gasteiger partial charge on any atom is 0.324 e. The van der Waals surface area contributed by atoms with Crippen molar-refractivity contribution >= 4 is 5.97 Å². The monoisotopic (exact) mass is 365 g/mol. The molecule has 27 heavy (non-hydrogen) atoms. The number of carboxylic acid groups (broad SMARTS) is 1. The third kappa shape index (κ3) is 5.49. The van der Waals surface area contributed by atoms with Crippen molar-refractivity contribution in [3.63, 3.8) is 0 Å². The van der Waals surface area contributed by atoms with Gasteiger partial charge in [-0.2, -0.15) is 0 Å². The molecule has 0 aliphatic rings. The van der Waals surface area contributed by atoms with Crippen LogP contribution in [0.15, 0.2) is 78.9 Å². The molecule has 0 spiro atoms. The van der Waals surface area contributed by atoms with Crippen LogP contribution in [-0.4, -0.2) is 22.2 Å². The summed E-state index contributed by atoms with van der Waals surface area (Å²) >= 11 is 0. The van der Waals surface area contributed by atoms with Gasteiger partial charge in [-0.1, -0.05) is 30.3 Å². The Morgan fingerprint density at radius 2 is 1.41 bits per heavy atom. The number of phenols is 1.